The standard InChI is InChI=1S/C28H52ClN7/c1-13-14-15-36(21-18-27(6,7)35(12)28(8,9)19-21)24-31-22(29)30-23(32-24)33(10)20-16-25(2,3)34(11)26(4,5)17-20/h20-21H,13-19H2,1-12H3. The molecule has 2 aliphatic rings. The SMILES string of the molecule is CCCCN(c1nc(Cl)nc(N(C)C2CC(C)(C)N(C)C(C)(C)C2)n1)C1CC(C)(C)N(C)C(C)(C)C1. The zero-order valence-corrected chi connectivity index (χ0v) is 25.9. The third-order valence-corrected chi connectivity index (χ3v) is 9.64. The maximum atomic E-state index is 6.59. The quantitative estimate of drug-likeness (QED) is 0.444. The first-order valence-corrected chi connectivity index (χ1v) is 14.2. The minimum atomic E-state index is 0.0820. The van der Waals surface area contributed by atoms with Crippen LogP contribution in [0.2, 0.25) is 5.28 Å². The van der Waals surface area contributed by atoms with Crippen LogP contribution in [-0.2, 0) is 0 Å². The summed E-state index contributed by atoms with van der Waals surface area (Å²) in [5.74, 6) is 1.40. The third-order valence-electron chi connectivity index (χ3n) is 9.47. The minimum absolute atomic E-state index is 0.0820. The summed E-state index contributed by atoms with van der Waals surface area (Å²) in [6, 6.07) is 0.665. The number of hydrogen-bond acceptors (Lipinski definition) is 7. The molecule has 2 fully saturated rings. The van der Waals surface area contributed by atoms with Crippen LogP contribution in [0.3, 0.4) is 0 Å². The number of likely N-dealkylation sites (tertiary alicyclic amines) is 2. The van der Waals surface area contributed by atoms with Crippen molar-refractivity contribution in [3.63, 3.8) is 0 Å². The van der Waals surface area contributed by atoms with E-state index in [0.29, 0.717) is 18.0 Å². The zero-order valence-electron chi connectivity index (χ0n) is 25.1. The summed E-state index contributed by atoms with van der Waals surface area (Å²) >= 11 is 6.59. The number of halogens is 1. The van der Waals surface area contributed by atoms with Crippen LogP contribution in [-0.4, -0.2) is 86.7 Å². The van der Waals surface area contributed by atoms with Crippen molar-refractivity contribution in [3.8, 4) is 0 Å². The van der Waals surface area contributed by atoms with Gasteiger partial charge in [0.1, 0.15) is 0 Å². The Morgan fingerprint density at radius 3 is 1.61 bits per heavy atom. The van der Waals surface area contributed by atoms with Crippen LogP contribution in [0.1, 0.15) is 101 Å². The number of piperidine rings is 2. The van der Waals surface area contributed by atoms with Gasteiger partial charge in [-0.2, -0.15) is 15.0 Å². The van der Waals surface area contributed by atoms with Crippen LogP contribution in [0.15, 0.2) is 0 Å². The molecule has 1 aromatic rings. The van der Waals surface area contributed by atoms with Gasteiger partial charge in [0, 0.05) is 47.8 Å². The first kappa shape index (κ1) is 29.4. The summed E-state index contributed by atoms with van der Waals surface area (Å²) < 4.78 is 0. The number of unbranched alkanes of at least 4 members (excludes halogenated alkanes) is 1. The average Bonchev–Trinajstić information content (AvgIpc) is 2.74. The largest absolute Gasteiger partial charge is 0.341 e. The van der Waals surface area contributed by atoms with Crippen molar-refractivity contribution in [3.05, 3.63) is 5.28 Å². The predicted octanol–water partition coefficient (Wildman–Crippen LogP) is 5.87. The van der Waals surface area contributed by atoms with E-state index in [4.69, 9.17) is 21.6 Å². The van der Waals surface area contributed by atoms with Crippen molar-refractivity contribution in [2.24, 2.45) is 0 Å². The molecule has 7 nitrogen and oxygen atoms in total. The molecule has 0 unspecified atom stereocenters. The molecule has 206 valence electrons. The van der Waals surface area contributed by atoms with Crippen molar-refractivity contribution in [1.29, 1.82) is 0 Å². The number of rotatable bonds is 7. The summed E-state index contributed by atoms with van der Waals surface area (Å²) in [6.45, 7) is 21.9. The van der Waals surface area contributed by atoms with Crippen molar-refractivity contribution in [2.75, 3.05) is 37.5 Å². The number of anilines is 2. The molecule has 0 saturated carbocycles. The van der Waals surface area contributed by atoms with E-state index < -0.39 is 0 Å². The smallest absolute Gasteiger partial charge is 0.231 e. The molecule has 3 rings (SSSR count). The Labute approximate surface area is 226 Å². The number of aromatic nitrogens is 3. The molecule has 8 heteroatoms. The third kappa shape index (κ3) is 5.94. The molecule has 1 aromatic heterocycles. The molecular weight excluding hydrogens is 470 g/mol. The van der Waals surface area contributed by atoms with Crippen LogP contribution in [0.4, 0.5) is 11.9 Å². The summed E-state index contributed by atoms with van der Waals surface area (Å²) in [5, 5.41) is 0.279. The van der Waals surface area contributed by atoms with E-state index in [9.17, 15) is 0 Å². The fourth-order valence-corrected chi connectivity index (χ4v) is 6.84. The van der Waals surface area contributed by atoms with Gasteiger partial charge in [-0.3, -0.25) is 9.80 Å². The summed E-state index contributed by atoms with van der Waals surface area (Å²) in [4.78, 5) is 24.1. The van der Waals surface area contributed by atoms with E-state index in [1.54, 1.807) is 0 Å². The van der Waals surface area contributed by atoms with Gasteiger partial charge in [0.05, 0.1) is 0 Å². The second kappa shape index (κ2) is 10.2. The van der Waals surface area contributed by atoms with Gasteiger partial charge in [0.25, 0.3) is 0 Å². The highest BCUT2D eigenvalue weighted by Gasteiger charge is 2.46. The van der Waals surface area contributed by atoms with Crippen LogP contribution in [0.5, 0.6) is 0 Å². The van der Waals surface area contributed by atoms with Gasteiger partial charge in [0.15, 0.2) is 0 Å². The average molecular weight is 522 g/mol. The lowest BCUT2D eigenvalue weighted by Gasteiger charge is -2.55. The van der Waals surface area contributed by atoms with Crippen molar-refractivity contribution in [2.45, 2.75) is 135 Å². The van der Waals surface area contributed by atoms with Crippen LogP contribution in [0.25, 0.3) is 0 Å². The highest BCUT2D eigenvalue weighted by molar-refractivity contribution is 6.28. The maximum Gasteiger partial charge on any atom is 0.231 e. The topological polar surface area (TPSA) is 51.6 Å². The van der Waals surface area contributed by atoms with E-state index in [2.05, 4.69) is 108 Å². The lowest BCUT2D eigenvalue weighted by Crippen LogP contribution is -2.63. The van der Waals surface area contributed by atoms with Gasteiger partial charge >= 0.3 is 0 Å². The van der Waals surface area contributed by atoms with Crippen LogP contribution in [0, 0.1) is 0 Å². The summed E-state index contributed by atoms with van der Waals surface area (Å²) in [6.07, 6.45) is 6.42. The van der Waals surface area contributed by atoms with Gasteiger partial charge < -0.3 is 9.80 Å². The molecule has 0 N–H and O–H groups in total. The summed E-state index contributed by atoms with van der Waals surface area (Å²) in [5.41, 5.74) is 0.328. The van der Waals surface area contributed by atoms with Crippen molar-refractivity contribution >= 4 is 23.5 Å². The highest BCUT2D eigenvalue weighted by atomic mass is 35.5. The normalized spacial score (nSPS) is 24.6. The molecule has 36 heavy (non-hydrogen) atoms. The predicted molar refractivity (Wildman–Crippen MR) is 153 cm³/mol. The van der Waals surface area contributed by atoms with Gasteiger partial charge in [-0.15, -0.1) is 0 Å². The Morgan fingerprint density at radius 2 is 1.17 bits per heavy atom. The van der Waals surface area contributed by atoms with Crippen molar-refractivity contribution in [1.82, 2.24) is 24.8 Å². The second-order valence-corrected chi connectivity index (χ2v) is 14.2. The fraction of sp³-hybridized carbons (Fsp3) is 0.893. The maximum absolute atomic E-state index is 6.59. The number of hydrogen-bond donors (Lipinski definition) is 0. The van der Waals surface area contributed by atoms with Crippen molar-refractivity contribution < 1.29 is 0 Å². The van der Waals surface area contributed by atoms with E-state index >= 15 is 0 Å². The molecule has 0 amide bonds. The van der Waals surface area contributed by atoms with Crippen LogP contribution >= 0.6 is 11.6 Å². The lowest BCUT2D eigenvalue weighted by molar-refractivity contribution is -0.0129. The van der Waals surface area contributed by atoms with Gasteiger partial charge in [-0.05, 0) is 113 Å². The zero-order chi connectivity index (χ0) is 27.3. The van der Waals surface area contributed by atoms with Gasteiger partial charge in [-0.25, -0.2) is 0 Å². The van der Waals surface area contributed by atoms with E-state index in [1.165, 1.54) is 0 Å². The minimum Gasteiger partial charge on any atom is -0.341 e. The molecule has 0 atom stereocenters. The molecule has 3 heterocycles. The van der Waals surface area contributed by atoms with Gasteiger partial charge in [0.2, 0.25) is 17.2 Å². The summed E-state index contributed by atoms with van der Waals surface area (Å²) in [7, 11) is 6.62. The molecular formula is C28H52ClN7. The van der Waals surface area contributed by atoms with Gasteiger partial charge in [-0.1, -0.05) is 13.3 Å². The molecule has 2 saturated heterocycles. The van der Waals surface area contributed by atoms with E-state index in [1.807, 2.05) is 0 Å². The van der Waals surface area contributed by atoms with E-state index in [-0.39, 0.29) is 27.4 Å². The Hall–Kier alpha value is -1.18. The van der Waals surface area contributed by atoms with Crippen LogP contribution < -0.4 is 9.80 Å². The Kier molecular flexibility index (Phi) is 8.31. The molecule has 0 radical (unpaired) electrons. The highest BCUT2D eigenvalue weighted by Crippen LogP contribution is 2.41. The Morgan fingerprint density at radius 1 is 0.750 bits per heavy atom. The monoisotopic (exact) mass is 521 g/mol. The first-order valence-electron chi connectivity index (χ1n) is 13.8. The molecule has 0 aromatic carbocycles. The Balaban J connectivity index is 1.96. The number of nitrogens with zero attached hydrogens (tertiary/aromatic N) is 7. The Bertz CT molecular complexity index is 877. The molecule has 0 bridgehead atoms. The molecule has 0 aliphatic carbocycles. The first-order chi connectivity index (χ1) is 16.4. The molecule has 0 spiro atoms. The lowest BCUT2D eigenvalue weighted by atomic mass is 9.77. The van der Waals surface area contributed by atoms with E-state index in [0.717, 1.165) is 51.0 Å². The molecule has 2 aliphatic heterocycles. The fourth-order valence-electron chi connectivity index (χ4n) is 6.68. The second-order valence-electron chi connectivity index (χ2n) is 13.9.